The Kier molecular flexibility index (Phi) is 5.01. The molecule has 0 N–H and O–H groups in total. The maximum atomic E-state index is 12.8. The first-order chi connectivity index (χ1) is 15.4. The van der Waals surface area contributed by atoms with Crippen LogP contribution in [-0.4, -0.2) is 28.0 Å². The highest BCUT2D eigenvalue weighted by atomic mass is 35.5. The lowest BCUT2D eigenvalue weighted by Gasteiger charge is -2.13. The molecule has 9 heteroatoms. The fraction of sp³-hybridized carbons (Fsp3) is 0.261. The van der Waals surface area contributed by atoms with Gasteiger partial charge in [0.1, 0.15) is 6.61 Å². The number of benzene rings is 2. The summed E-state index contributed by atoms with van der Waals surface area (Å²) in [5, 5.41) is 17.1. The van der Waals surface area contributed by atoms with Gasteiger partial charge in [0, 0.05) is 16.7 Å². The van der Waals surface area contributed by atoms with E-state index in [2.05, 4.69) is 5.10 Å². The number of nitrogens with zero attached hydrogens (tertiary/aromatic N) is 3. The van der Waals surface area contributed by atoms with Crippen molar-refractivity contribution in [2.24, 2.45) is 28.8 Å². The van der Waals surface area contributed by atoms with E-state index in [9.17, 15) is 19.7 Å². The summed E-state index contributed by atoms with van der Waals surface area (Å²) in [6.45, 7) is 0.0730. The Hall–Kier alpha value is -3.52. The zero-order chi connectivity index (χ0) is 22.4. The average Bonchev–Trinajstić information content (AvgIpc) is 3.46. The Bertz CT molecular complexity index is 1150. The van der Waals surface area contributed by atoms with Crippen LogP contribution in [0.4, 0.5) is 5.69 Å². The third-order valence-corrected chi connectivity index (χ3v) is 6.53. The van der Waals surface area contributed by atoms with Gasteiger partial charge in [-0.3, -0.25) is 19.7 Å². The van der Waals surface area contributed by atoms with E-state index in [0.29, 0.717) is 10.6 Å². The quantitative estimate of drug-likeness (QED) is 0.217. The summed E-state index contributed by atoms with van der Waals surface area (Å²) in [5.74, 6) is -1.18. The first kappa shape index (κ1) is 20.4. The lowest BCUT2D eigenvalue weighted by molar-refractivity contribution is -0.385. The van der Waals surface area contributed by atoms with Crippen LogP contribution in [0.3, 0.4) is 0 Å². The molecule has 2 fully saturated rings. The zero-order valence-electron chi connectivity index (χ0n) is 16.8. The van der Waals surface area contributed by atoms with Gasteiger partial charge in [-0.15, -0.1) is 0 Å². The number of rotatable bonds is 6. The highest BCUT2D eigenvalue weighted by Crippen LogP contribution is 2.52. The molecule has 0 aromatic heterocycles. The van der Waals surface area contributed by atoms with Crippen LogP contribution in [0.5, 0.6) is 5.75 Å². The highest BCUT2D eigenvalue weighted by Gasteiger charge is 2.59. The number of allylic oxidation sites excluding steroid dienone is 2. The first-order valence-corrected chi connectivity index (χ1v) is 10.6. The van der Waals surface area contributed by atoms with Crippen LogP contribution in [0.25, 0.3) is 0 Å². The number of halogens is 1. The number of ether oxygens (including phenoxy) is 1. The third kappa shape index (κ3) is 3.36. The molecule has 2 bridgehead atoms. The van der Waals surface area contributed by atoms with Gasteiger partial charge in [-0.05, 0) is 42.0 Å². The first-order valence-electron chi connectivity index (χ1n) is 10.2. The molecule has 5 rings (SSSR count). The van der Waals surface area contributed by atoms with Crippen LogP contribution < -0.4 is 4.74 Å². The summed E-state index contributed by atoms with van der Waals surface area (Å²) >= 11 is 5.89. The third-order valence-electron chi connectivity index (χ3n) is 6.28. The molecule has 2 aliphatic carbocycles. The van der Waals surface area contributed by atoms with Gasteiger partial charge < -0.3 is 4.74 Å². The molecule has 3 aliphatic rings. The Morgan fingerprint density at radius 2 is 1.75 bits per heavy atom. The lowest BCUT2D eigenvalue weighted by Crippen LogP contribution is -2.28. The molecule has 1 aliphatic heterocycles. The predicted molar refractivity (Wildman–Crippen MR) is 116 cm³/mol. The van der Waals surface area contributed by atoms with E-state index in [1.165, 1.54) is 18.3 Å². The molecule has 2 amide bonds. The van der Waals surface area contributed by atoms with Gasteiger partial charge in [-0.1, -0.05) is 42.0 Å². The number of para-hydroxylation sites is 1. The number of nitro groups is 1. The van der Waals surface area contributed by atoms with Crippen molar-refractivity contribution in [1.82, 2.24) is 5.01 Å². The highest BCUT2D eigenvalue weighted by molar-refractivity contribution is 6.30. The molecule has 1 heterocycles. The molecule has 1 saturated carbocycles. The maximum Gasteiger partial charge on any atom is 0.311 e. The summed E-state index contributed by atoms with van der Waals surface area (Å²) < 4.78 is 5.77. The minimum absolute atomic E-state index is 0.0113. The smallest absolute Gasteiger partial charge is 0.311 e. The molecular weight excluding hydrogens is 434 g/mol. The van der Waals surface area contributed by atoms with E-state index in [4.69, 9.17) is 16.3 Å². The molecule has 162 valence electrons. The molecule has 0 spiro atoms. The van der Waals surface area contributed by atoms with Crippen molar-refractivity contribution in [3.05, 3.63) is 80.9 Å². The van der Waals surface area contributed by atoms with Crippen LogP contribution in [-0.2, 0) is 16.2 Å². The topological polar surface area (TPSA) is 102 Å². The van der Waals surface area contributed by atoms with Crippen LogP contribution >= 0.6 is 11.6 Å². The molecule has 32 heavy (non-hydrogen) atoms. The molecule has 8 nitrogen and oxygen atoms in total. The standard InChI is InChI=1S/C23H18ClN3O5/c24-17-8-4-13(5-9-17)12-32-21-16(2-1-3-18(21)27(30)31)11-25-26-22(28)19-14-6-7-15(10-14)20(19)23(26)29/h1-9,11,14-15,19-20H,10,12H2/t14-,15-,19-,20+/m0/s1. The van der Waals surface area contributed by atoms with E-state index in [0.717, 1.165) is 17.0 Å². The second-order valence-corrected chi connectivity index (χ2v) is 8.54. The number of nitro benzene ring substituents is 1. The van der Waals surface area contributed by atoms with E-state index in [1.807, 2.05) is 12.2 Å². The minimum Gasteiger partial charge on any atom is -0.481 e. The number of carbonyl (C=O) groups excluding carboxylic acids is 2. The number of fused-ring (bicyclic) bond motifs is 5. The minimum atomic E-state index is -0.547. The van der Waals surface area contributed by atoms with Gasteiger partial charge in [-0.2, -0.15) is 10.1 Å². The van der Waals surface area contributed by atoms with Gasteiger partial charge in [0.25, 0.3) is 11.8 Å². The number of amides is 2. The molecule has 2 aromatic rings. The van der Waals surface area contributed by atoms with E-state index < -0.39 is 4.92 Å². The lowest BCUT2D eigenvalue weighted by atomic mass is 9.85. The Morgan fingerprint density at radius 3 is 2.38 bits per heavy atom. The van der Waals surface area contributed by atoms with Crippen LogP contribution in [0.15, 0.2) is 59.7 Å². The fourth-order valence-corrected chi connectivity index (χ4v) is 4.93. The van der Waals surface area contributed by atoms with Crippen LogP contribution in [0.2, 0.25) is 5.02 Å². The molecule has 0 unspecified atom stereocenters. The van der Waals surface area contributed by atoms with Gasteiger partial charge in [0.15, 0.2) is 0 Å². The number of carbonyl (C=O) groups is 2. The zero-order valence-corrected chi connectivity index (χ0v) is 17.5. The van der Waals surface area contributed by atoms with Gasteiger partial charge in [0.2, 0.25) is 5.75 Å². The number of imide groups is 1. The average molecular weight is 452 g/mol. The van der Waals surface area contributed by atoms with E-state index >= 15 is 0 Å². The summed E-state index contributed by atoms with van der Waals surface area (Å²) in [4.78, 5) is 36.6. The molecule has 0 radical (unpaired) electrons. The SMILES string of the molecule is O=C1[C@@H]2[C@H](C(=O)N1N=Cc1cccc([N+](=O)[O-])c1OCc1ccc(Cl)cc1)[C@H]1C=C[C@H]2C1. The van der Waals surface area contributed by atoms with Gasteiger partial charge in [-0.25, -0.2) is 0 Å². The van der Waals surface area contributed by atoms with Crippen molar-refractivity contribution in [3.63, 3.8) is 0 Å². The molecular formula is C23H18ClN3O5. The summed E-state index contributed by atoms with van der Waals surface area (Å²) in [6.07, 6.45) is 6.12. The van der Waals surface area contributed by atoms with Crippen LogP contribution in [0, 0.1) is 33.8 Å². The fourth-order valence-electron chi connectivity index (χ4n) is 4.80. The monoisotopic (exact) mass is 451 g/mol. The summed E-state index contributed by atoms with van der Waals surface area (Å²) in [5.41, 5.74) is 0.837. The number of hydrogen-bond acceptors (Lipinski definition) is 6. The van der Waals surface area contributed by atoms with Crippen molar-refractivity contribution in [2.45, 2.75) is 13.0 Å². The second-order valence-electron chi connectivity index (χ2n) is 8.10. The van der Waals surface area contributed by atoms with Crippen molar-refractivity contribution in [1.29, 1.82) is 0 Å². The van der Waals surface area contributed by atoms with Gasteiger partial charge in [0.05, 0.1) is 23.0 Å². The van der Waals surface area contributed by atoms with Crippen molar-refractivity contribution < 1.29 is 19.2 Å². The summed E-state index contributed by atoms with van der Waals surface area (Å²) in [7, 11) is 0. The second kappa shape index (κ2) is 7.87. The Balaban J connectivity index is 1.41. The van der Waals surface area contributed by atoms with E-state index in [-0.39, 0.29) is 53.5 Å². The Morgan fingerprint density at radius 1 is 1.09 bits per heavy atom. The maximum absolute atomic E-state index is 12.8. The number of hydrazone groups is 1. The Labute approximate surface area is 188 Å². The molecule has 2 aromatic carbocycles. The van der Waals surface area contributed by atoms with Crippen molar-refractivity contribution in [2.75, 3.05) is 0 Å². The largest absolute Gasteiger partial charge is 0.481 e. The van der Waals surface area contributed by atoms with Gasteiger partial charge >= 0.3 is 5.69 Å². The van der Waals surface area contributed by atoms with Crippen LogP contribution in [0.1, 0.15) is 17.5 Å². The van der Waals surface area contributed by atoms with Crippen molar-refractivity contribution >= 4 is 35.3 Å². The van der Waals surface area contributed by atoms with Crippen molar-refractivity contribution in [3.8, 4) is 5.75 Å². The summed E-state index contributed by atoms with van der Waals surface area (Å²) in [6, 6.07) is 11.3. The number of hydrogen-bond donors (Lipinski definition) is 0. The molecule has 1 saturated heterocycles. The predicted octanol–water partition coefficient (Wildman–Crippen LogP) is 3.97. The van der Waals surface area contributed by atoms with E-state index in [1.54, 1.807) is 30.3 Å². The molecule has 4 atom stereocenters. The normalized spacial score (nSPS) is 25.7.